The van der Waals surface area contributed by atoms with Crippen LogP contribution in [-0.2, 0) is 4.74 Å². The minimum Gasteiger partial charge on any atom is -0.447 e. The molecule has 4 heteroatoms. The lowest BCUT2D eigenvalue weighted by molar-refractivity contribution is 0.140. The molecule has 0 heterocycles. The Bertz CT molecular complexity index is 142. The molecule has 0 atom stereocenters. The molecule has 1 amide bonds. The number of terminal acetylenes is 1. The second-order valence-corrected chi connectivity index (χ2v) is 1.63. The monoisotopic (exact) mass is 175 g/mol. The molecule has 0 saturated heterocycles. The number of amides is 1. The first-order chi connectivity index (χ1) is 5.72. The largest absolute Gasteiger partial charge is 0.447 e. The van der Waals surface area contributed by atoms with Gasteiger partial charge in [0, 0.05) is 13.5 Å². The van der Waals surface area contributed by atoms with Crippen LogP contribution in [0.2, 0.25) is 0 Å². The highest BCUT2D eigenvalue weighted by atomic mass is 19.1. The lowest BCUT2D eigenvalue weighted by Gasteiger charge is -1.97. The molecule has 12 heavy (non-hydrogen) atoms. The molecule has 0 rings (SSSR count). The van der Waals surface area contributed by atoms with E-state index in [4.69, 9.17) is 6.42 Å². The smallest absolute Gasteiger partial charge is 0.406 e. The van der Waals surface area contributed by atoms with Crippen LogP contribution in [0.5, 0.6) is 0 Å². The van der Waals surface area contributed by atoms with Gasteiger partial charge in [-0.05, 0) is 0 Å². The number of ether oxygens (including phenoxy) is 1. The topological polar surface area (TPSA) is 38.3 Å². The number of rotatable bonds is 2. The third-order valence-corrected chi connectivity index (χ3v) is 0.719. The second kappa shape index (κ2) is 12.4. The van der Waals surface area contributed by atoms with Gasteiger partial charge in [-0.2, -0.15) is 0 Å². The van der Waals surface area contributed by atoms with Gasteiger partial charge in [-0.3, -0.25) is 0 Å². The Morgan fingerprint density at radius 1 is 1.75 bits per heavy atom. The Labute approximate surface area is 72.3 Å². The van der Waals surface area contributed by atoms with E-state index in [1.54, 1.807) is 0 Å². The van der Waals surface area contributed by atoms with Crippen LogP contribution >= 0.6 is 0 Å². The number of halogens is 1. The molecule has 0 saturated carbocycles. The third kappa shape index (κ3) is 15.9. The van der Waals surface area contributed by atoms with Gasteiger partial charge < -0.3 is 10.1 Å². The van der Waals surface area contributed by atoms with E-state index in [-0.39, 0.29) is 6.61 Å². The number of hydrogen-bond donors (Lipinski definition) is 1. The van der Waals surface area contributed by atoms with Crippen molar-refractivity contribution in [1.29, 1.82) is 0 Å². The Kier molecular flexibility index (Phi) is 13.8. The number of alkyl carbamates (subject to hydrolysis) is 1. The zero-order chi connectivity index (χ0) is 9.82. The van der Waals surface area contributed by atoms with Crippen molar-refractivity contribution in [2.75, 3.05) is 20.3 Å². The molecular formula is C8H14FNO2. The summed E-state index contributed by atoms with van der Waals surface area (Å²) in [6, 6.07) is 0. The molecule has 0 fully saturated rings. The van der Waals surface area contributed by atoms with E-state index >= 15 is 0 Å². The molecule has 0 aliphatic carbocycles. The van der Waals surface area contributed by atoms with Gasteiger partial charge in [-0.1, -0.05) is 6.92 Å². The molecule has 70 valence electrons. The van der Waals surface area contributed by atoms with Gasteiger partial charge in [0.25, 0.3) is 0 Å². The van der Waals surface area contributed by atoms with Crippen LogP contribution < -0.4 is 5.32 Å². The van der Waals surface area contributed by atoms with Crippen molar-refractivity contribution in [1.82, 2.24) is 5.32 Å². The number of carbonyl (C=O) groups is 1. The molecule has 0 unspecified atom stereocenters. The molecule has 0 aliphatic rings. The van der Waals surface area contributed by atoms with Crippen LogP contribution in [0.4, 0.5) is 9.18 Å². The number of nitrogens with one attached hydrogen (secondary N) is 1. The van der Waals surface area contributed by atoms with Gasteiger partial charge in [0.1, 0.15) is 13.3 Å². The van der Waals surface area contributed by atoms with Crippen LogP contribution in [0, 0.1) is 12.3 Å². The molecule has 0 aromatic rings. The Hall–Kier alpha value is -1.24. The molecule has 0 aromatic carbocycles. The summed E-state index contributed by atoms with van der Waals surface area (Å²) in [5.74, 6) is 2.43. The van der Waals surface area contributed by atoms with Crippen LogP contribution in [0.1, 0.15) is 13.3 Å². The van der Waals surface area contributed by atoms with Crippen molar-refractivity contribution in [3.63, 3.8) is 0 Å². The molecule has 0 aliphatic heterocycles. The number of hydrogen-bond acceptors (Lipinski definition) is 2. The summed E-state index contributed by atoms with van der Waals surface area (Å²) in [5, 5.41) is 2.17. The quantitative estimate of drug-likeness (QED) is 0.643. The maximum Gasteiger partial charge on any atom is 0.406 e. The lowest BCUT2D eigenvalue weighted by Crippen LogP contribution is -2.20. The van der Waals surface area contributed by atoms with Crippen molar-refractivity contribution in [3.8, 4) is 12.3 Å². The predicted molar refractivity (Wildman–Crippen MR) is 45.5 cm³/mol. The highest BCUT2D eigenvalue weighted by Crippen LogP contribution is 1.75. The predicted octanol–water partition coefficient (Wildman–Crippen LogP) is 1.34. The average Bonchev–Trinajstić information content (AvgIpc) is 2.14. The van der Waals surface area contributed by atoms with Crippen molar-refractivity contribution >= 4 is 6.09 Å². The first kappa shape index (κ1) is 13.4. The number of alkyl halides is 1. The van der Waals surface area contributed by atoms with Crippen LogP contribution in [0.3, 0.4) is 0 Å². The van der Waals surface area contributed by atoms with Crippen molar-refractivity contribution < 1.29 is 13.9 Å². The fourth-order valence-corrected chi connectivity index (χ4v) is 0.203. The Morgan fingerprint density at radius 3 is 2.50 bits per heavy atom. The van der Waals surface area contributed by atoms with E-state index in [0.29, 0.717) is 0 Å². The summed E-state index contributed by atoms with van der Waals surface area (Å²) in [5.41, 5.74) is 0. The van der Waals surface area contributed by atoms with Gasteiger partial charge in [-0.25, -0.2) is 9.18 Å². The Morgan fingerprint density at radius 2 is 2.25 bits per heavy atom. The van der Waals surface area contributed by atoms with Gasteiger partial charge in [0.05, 0.1) is 0 Å². The summed E-state index contributed by atoms with van der Waals surface area (Å²) >= 11 is 0. The van der Waals surface area contributed by atoms with Crippen LogP contribution in [0.25, 0.3) is 0 Å². The van der Waals surface area contributed by atoms with Gasteiger partial charge in [-0.15, -0.1) is 12.3 Å². The van der Waals surface area contributed by atoms with E-state index in [1.165, 1.54) is 7.05 Å². The fraction of sp³-hybridized carbons (Fsp3) is 0.625. The zero-order valence-corrected chi connectivity index (χ0v) is 7.39. The lowest BCUT2D eigenvalue weighted by atomic mass is 10.5. The molecule has 3 nitrogen and oxygen atoms in total. The first-order valence-corrected chi connectivity index (χ1v) is 3.56. The molecular weight excluding hydrogens is 161 g/mol. The third-order valence-electron chi connectivity index (χ3n) is 0.719. The SMILES string of the molecule is C#CCC.CNC(=O)OCCF. The van der Waals surface area contributed by atoms with Crippen LogP contribution in [-0.4, -0.2) is 26.4 Å². The summed E-state index contributed by atoms with van der Waals surface area (Å²) in [4.78, 5) is 10.1. The second-order valence-electron chi connectivity index (χ2n) is 1.63. The Balaban J connectivity index is 0. The summed E-state index contributed by atoms with van der Waals surface area (Å²) < 4.78 is 15.4. The zero-order valence-electron chi connectivity index (χ0n) is 7.39. The fourth-order valence-electron chi connectivity index (χ4n) is 0.203. The van der Waals surface area contributed by atoms with Gasteiger partial charge in [0.2, 0.25) is 0 Å². The van der Waals surface area contributed by atoms with Crippen molar-refractivity contribution in [3.05, 3.63) is 0 Å². The summed E-state index contributed by atoms with van der Waals surface area (Å²) in [6.07, 6.45) is 5.03. The summed E-state index contributed by atoms with van der Waals surface area (Å²) in [7, 11) is 1.42. The van der Waals surface area contributed by atoms with Crippen molar-refractivity contribution in [2.24, 2.45) is 0 Å². The van der Waals surface area contributed by atoms with E-state index in [9.17, 15) is 9.18 Å². The van der Waals surface area contributed by atoms with E-state index in [1.807, 2.05) is 6.92 Å². The number of carbonyl (C=O) groups excluding carboxylic acids is 1. The van der Waals surface area contributed by atoms with E-state index in [0.717, 1.165) is 6.42 Å². The van der Waals surface area contributed by atoms with Crippen molar-refractivity contribution in [2.45, 2.75) is 13.3 Å². The highest BCUT2D eigenvalue weighted by molar-refractivity contribution is 5.66. The molecule has 0 radical (unpaired) electrons. The highest BCUT2D eigenvalue weighted by Gasteiger charge is 1.93. The van der Waals surface area contributed by atoms with E-state index in [2.05, 4.69) is 16.0 Å². The molecule has 0 bridgehead atoms. The molecule has 0 aromatic heterocycles. The van der Waals surface area contributed by atoms with Gasteiger partial charge >= 0.3 is 6.09 Å². The van der Waals surface area contributed by atoms with Crippen LogP contribution in [0.15, 0.2) is 0 Å². The maximum absolute atomic E-state index is 11.2. The average molecular weight is 175 g/mol. The van der Waals surface area contributed by atoms with E-state index < -0.39 is 12.8 Å². The van der Waals surface area contributed by atoms with Gasteiger partial charge in [0.15, 0.2) is 0 Å². The first-order valence-electron chi connectivity index (χ1n) is 3.56. The maximum atomic E-state index is 11.2. The molecule has 0 spiro atoms. The standard InChI is InChI=1S/C4H8FNO2.C4H6/c1-6-4(7)8-3-2-5;1-3-4-2/h2-3H2,1H3,(H,6,7);1H,4H2,2H3. The minimum atomic E-state index is -0.632. The summed E-state index contributed by atoms with van der Waals surface area (Å²) in [6.45, 7) is 1.15. The minimum absolute atomic E-state index is 0.167. The molecule has 1 N–H and O–H groups in total. The normalized spacial score (nSPS) is 7.17.